The maximum absolute atomic E-state index is 13.1. The van der Waals surface area contributed by atoms with Gasteiger partial charge in [-0.05, 0) is 89.4 Å². The number of aliphatic hydroxyl groups is 3. The largest absolute Gasteiger partial charge is 0.465 e. The van der Waals surface area contributed by atoms with E-state index < -0.39 is 41.8 Å². The van der Waals surface area contributed by atoms with Crippen LogP contribution in [0.25, 0.3) is 17.0 Å². The number of carbonyl (C=O) groups is 1. The maximum atomic E-state index is 13.1. The summed E-state index contributed by atoms with van der Waals surface area (Å²) in [6, 6.07) is 9.59. The van der Waals surface area contributed by atoms with Crippen molar-refractivity contribution in [3.63, 3.8) is 0 Å². The Kier molecular flexibility index (Phi) is 9.55. The highest BCUT2D eigenvalue weighted by Crippen LogP contribution is 2.50. The number of fused-ring (bicyclic) bond motifs is 8. The zero-order chi connectivity index (χ0) is 38.6. The van der Waals surface area contributed by atoms with Crippen molar-refractivity contribution >= 4 is 22.8 Å². The molecule has 1 fully saturated rings. The van der Waals surface area contributed by atoms with Gasteiger partial charge in [-0.1, -0.05) is 67.9 Å². The molecule has 9 rings (SSSR count). The monoisotopic (exact) mass is 752 g/mol. The summed E-state index contributed by atoms with van der Waals surface area (Å²) in [5.41, 5.74) is 12.5. The van der Waals surface area contributed by atoms with E-state index in [0.29, 0.717) is 30.8 Å². The average molecular weight is 753 g/mol. The smallest absolute Gasteiger partial charge is 0.191 e. The molecule has 288 valence electrons. The topological polar surface area (TPSA) is 155 Å². The van der Waals surface area contributed by atoms with E-state index in [9.17, 15) is 20.1 Å². The van der Waals surface area contributed by atoms with Crippen LogP contribution in [-0.4, -0.2) is 42.9 Å². The minimum atomic E-state index is -1.06. The van der Waals surface area contributed by atoms with Crippen LogP contribution in [0.1, 0.15) is 104 Å². The highest BCUT2D eigenvalue weighted by atomic mass is 16.5. The summed E-state index contributed by atoms with van der Waals surface area (Å²) in [6.07, 6.45) is 18.7. The van der Waals surface area contributed by atoms with Crippen LogP contribution < -0.4 is 20.5 Å². The second-order valence-corrected chi connectivity index (χ2v) is 16.3. The van der Waals surface area contributed by atoms with E-state index in [1.54, 1.807) is 0 Å². The normalized spacial score (nSPS) is 27.4. The minimum absolute atomic E-state index is 0.0197. The number of aryl methyl sites for hydroxylation is 1. The van der Waals surface area contributed by atoms with Gasteiger partial charge in [0.2, 0.25) is 0 Å². The van der Waals surface area contributed by atoms with Crippen molar-refractivity contribution in [1.29, 1.82) is 0 Å². The Morgan fingerprint density at radius 2 is 1.93 bits per heavy atom. The zero-order valence-electron chi connectivity index (χ0n) is 31.5. The van der Waals surface area contributed by atoms with E-state index in [4.69, 9.17) is 15.2 Å². The summed E-state index contributed by atoms with van der Waals surface area (Å²) in [5.74, 6) is 10.6. The third kappa shape index (κ3) is 6.71. The van der Waals surface area contributed by atoms with E-state index in [0.717, 1.165) is 70.0 Å². The maximum Gasteiger partial charge on any atom is 0.191 e. The third-order valence-electron chi connectivity index (χ3n) is 12.6. The van der Waals surface area contributed by atoms with Crippen molar-refractivity contribution in [2.45, 2.75) is 95.4 Å². The van der Waals surface area contributed by atoms with Gasteiger partial charge in [0, 0.05) is 49.2 Å². The van der Waals surface area contributed by atoms with Crippen LogP contribution >= 0.6 is 0 Å². The number of allylic oxidation sites excluding steroid dienone is 1. The molecule has 0 saturated heterocycles. The lowest BCUT2D eigenvalue weighted by molar-refractivity contribution is -0.122. The van der Waals surface area contributed by atoms with Gasteiger partial charge in [0.1, 0.15) is 24.2 Å². The summed E-state index contributed by atoms with van der Waals surface area (Å²) < 4.78 is 15.3. The third-order valence-corrected chi connectivity index (χ3v) is 12.6. The van der Waals surface area contributed by atoms with Crippen molar-refractivity contribution < 1.29 is 29.6 Å². The number of carbonyl (C=O) groups excluding carboxylic acids is 1. The Hall–Kier alpha value is -5.23. The van der Waals surface area contributed by atoms with Crippen LogP contribution in [0.4, 0.5) is 0 Å². The summed E-state index contributed by atoms with van der Waals surface area (Å²) >= 11 is 0. The van der Waals surface area contributed by atoms with E-state index in [1.165, 1.54) is 0 Å². The summed E-state index contributed by atoms with van der Waals surface area (Å²) in [4.78, 5) is 16.6. The SMILES string of the molecule is C[C@@H]1C=C[C@H]([C@@H](O)CC(=O)CCc2ccc3c(c2)O[C@@H]2[C@@H](C#C[C@@H](O)c4ccc5c(c4Cc4c[nH]c6cn2cc46)C=CN[C@@H]5N)C2(C#CO3)CCCC2)[C@@H](O)C1. The number of H-pyrrole nitrogens is 1. The van der Waals surface area contributed by atoms with Gasteiger partial charge in [-0.15, -0.1) is 0 Å². The fourth-order valence-electron chi connectivity index (χ4n) is 9.47. The molecule has 3 aliphatic heterocycles. The van der Waals surface area contributed by atoms with Crippen LogP contribution in [0.3, 0.4) is 0 Å². The van der Waals surface area contributed by atoms with Crippen molar-refractivity contribution in [2.24, 2.45) is 28.9 Å². The fourth-order valence-corrected chi connectivity index (χ4v) is 9.47. The number of rotatable bonds is 6. The Balaban J connectivity index is 1.07. The van der Waals surface area contributed by atoms with Crippen LogP contribution in [0.15, 0.2) is 67.3 Å². The van der Waals surface area contributed by atoms with Crippen molar-refractivity contribution in [3.8, 4) is 35.4 Å². The van der Waals surface area contributed by atoms with E-state index in [1.807, 2.05) is 67.9 Å². The molecular formula is C46H48N4O6. The Labute approximate surface area is 326 Å². The molecular weight excluding hydrogens is 705 g/mol. The number of Topliss-reactive ketones (excluding diaryl/α,β-unsaturated/α-hetero) is 1. The van der Waals surface area contributed by atoms with Gasteiger partial charge < -0.3 is 45.4 Å². The standard InChI is InChI=1S/C46H48N4O6/c1-27-4-8-34(40(53)20-27)41(54)23-30(51)7-5-28-6-13-42-43(21-28)56-45-37(46(17-19-55-42)15-2-3-16-46)11-12-39(52)32-9-10-33-31(14-18-48-44(33)47)35(32)22-29-24-49-38-26-50(45)25-36(29)38/h4,6,8-10,13-14,18,21,24-27,34,37,39-41,44-45,48-49,52-54H,2-3,5,7,15-16,20,22-23,47H2,1H3/t27-,34+,37-,39-,40+,41+,44+,45-/m1/s1. The molecule has 10 nitrogen and oxygen atoms in total. The molecule has 10 heteroatoms. The molecule has 0 radical (unpaired) electrons. The van der Waals surface area contributed by atoms with Crippen molar-refractivity contribution in [3.05, 3.63) is 101 Å². The first-order chi connectivity index (χ1) is 27.2. The van der Waals surface area contributed by atoms with E-state index in [-0.39, 0.29) is 30.7 Å². The second kappa shape index (κ2) is 14.7. The first-order valence-corrected chi connectivity index (χ1v) is 19.9. The number of hydrogen-bond acceptors (Lipinski definition) is 8. The number of aromatic amines is 1. The Bertz CT molecular complexity index is 2360. The van der Waals surface area contributed by atoms with Gasteiger partial charge in [-0.25, -0.2) is 0 Å². The quantitative estimate of drug-likeness (QED) is 0.102. The van der Waals surface area contributed by atoms with Crippen molar-refractivity contribution in [1.82, 2.24) is 14.9 Å². The number of ketones is 1. The molecule has 2 bridgehead atoms. The van der Waals surface area contributed by atoms with Gasteiger partial charge in [0.25, 0.3) is 0 Å². The minimum Gasteiger partial charge on any atom is -0.465 e. The van der Waals surface area contributed by atoms with Gasteiger partial charge in [-0.3, -0.25) is 4.79 Å². The zero-order valence-corrected chi connectivity index (χ0v) is 31.5. The molecule has 2 aromatic carbocycles. The molecule has 56 heavy (non-hydrogen) atoms. The summed E-state index contributed by atoms with van der Waals surface area (Å²) in [7, 11) is 0. The number of hydrogen-bond donors (Lipinski definition) is 6. The van der Waals surface area contributed by atoms with Gasteiger partial charge in [-0.2, -0.15) is 0 Å². The molecule has 4 aromatic rings. The highest BCUT2D eigenvalue weighted by Gasteiger charge is 2.46. The molecule has 7 N–H and O–H groups in total. The summed E-state index contributed by atoms with van der Waals surface area (Å²) in [5, 5.41) is 37.5. The fraction of sp³-hybridized carbons (Fsp3) is 0.413. The van der Waals surface area contributed by atoms with Crippen LogP contribution in [0.5, 0.6) is 11.5 Å². The number of aliphatic hydroxyl groups excluding tert-OH is 3. The molecule has 0 unspecified atom stereocenters. The first-order valence-electron chi connectivity index (χ1n) is 19.9. The number of nitrogens with zero attached hydrogens (tertiary/aromatic N) is 1. The number of aromatic nitrogens is 2. The van der Waals surface area contributed by atoms with E-state index in [2.05, 4.69) is 51.1 Å². The molecule has 2 aromatic heterocycles. The lowest BCUT2D eigenvalue weighted by atomic mass is 9.73. The number of benzene rings is 2. The lowest BCUT2D eigenvalue weighted by Gasteiger charge is -2.35. The molecule has 5 heterocycles. The van der Waals surface area contributed by atoms with Gasteiger partial charge in [0.15, 0.2) is 17.7 Å². The van der Waals surface area contributed by atoms with Crippen LogP contribution in [-0.2, 0) is 17.6 Å². The van der Waals surface area contributed by atoms with Crippen LogP contribution in [0, 0.1) is 47.0 Å². The van der Waals surface area contributed by atoms with Gasteiger partial charge in [0.05, 0.1) is 29.1 Å². The molecule has 8 atom stereocenters. The van der Waals surface area contributed by atoms with E-state index >= 15 is 0 Å². The molecule has 1 spiro atoms. The number of ether oxygens (including phenoxy) is 2. The van der Waals surface area contributed by atoms with Crippen molar-refractivity contribution in [2.75, 3.05) is 0 Å². The summed E-state index contributed by atoms with van der Waals surface area (Å²) in [6.45, 7) is 2.03. The lowest BCUT2D eigenvalue weighted by Crippen LogP contribution is -2.35. The molecule has 0 amide bonds. The average Bonchev–Trinajstić information content (AvgIpc) is 3.92. The number of nitrogens with two attached hydrogens (primary N) is 1. The predicted octanol–water partition coefficient (Wildman–Crippen LogP) is 6.08. The molecule has 2 aliphatic carbocycles. The number of nitrogens with one attached hydrogen (secondary N) is 2. The Morgan fingerprint density at radius 3 is 2.77 bits per heavy atom. The highest BCUT2D eigenvalue weighted by molar-refractivity contribution is 5.84. The second-order valence-electron chi connectivity index (χ2n) is 16.3. The first kappa shape index (κ1) is 36.4. The molecule has 5 aliphatic rings. The van der Waals surface area contributed by atoms with Crippen LogP contribution in [0.2, 0.25) is 0 Å². The van der Waals surface area contributed by atoms with Gasteiger partial charge >= 0.3 is 0 Å². The predicted molar refractivity (Wildman–Crippen MR) is 213 cm³/mol. The molecule has 1 saturated carbocycles. The Morgan fingerprint density at radius 1 is 1.09 bits per heavy atom.